The maximum absolute atomic E-state index is 12.2. The normalized spacial score (nSPS) is 11.7. The zero-order valence-electron chi connectivity index (χ0n) is 10.7. The van der Waals surface area contributed by atoms with Gasteiger partial charge in [0, 0.05) is 12.5 Å². The van der Waals surface area contributed by atoms with E-state index in [9.17, 15) is 13.6 Å². The molecule has 0 bridgehead atoms. The van der Waals surface area contributed by atoms with Gasteiger partial charge in [0.25, 0.3) is 0 Å². The molecule has 0 radical (unpaired) electrons. The summed E-state index contributed by atoms with van der Waals surface area (Å²) < 4.78 is 28.8. The van der Waals surface area contributed by atoms with Crippen LogP contribution in [0.5, 0.6) is 5.75 Å². The first-order chi connectivity index (χ1) is 8.45. The minimum atomic E-state index is -2.94. The van der Waals surface area contributed by atoms with Crippen LogP contribution in [-0.4, -0.2) is 19.1 Å². The number of hydrogen-bond acceptors (Lipinski definition) is 3. The van der Waals surface area contributed by atoms with E-state index in [2.05, 4.69) is 10.1 Å². The minimum Gasteiger partial charge on any atom is -0.433 e. The number of hydrogen-bond donors (Lipinski definition) is 2. The lowest BCUT2D eigenvalue weighted by Crippen LogP contribution is -2.27. The van der Waals surface area contributed by atoms with E-state index in [1.165, 1.54) is 6.07 Å². The van der Waals surface area contributed by atoms with Crippen LogP contribution >= 0.6 is 12.4 Å². The Labute approximate surface area is 116 Å². The lowest BCUT2D eigenvalue weighted by molar-refractivity contribution is -0.119. The molecule has 0 aliphatic heterocycles. The van der Waals surface area contributed by atoms with Crippen molar-refractivity contribution >= 4 is 24.0 Å². The molecule has 0 heterocycles. The third-order valence-electron chi connectivity index (χ3n) is 2.50. The van der Waals surface area contributed by atoms with Crippen LogP contribution in [0.1, 0.15) is 12.5 Å². The number of amides is 1. The van der Waals surface area contributed by atoms with Crippen molar-refractivity contribution in [1.82, 2.24) is 0 Å². The highest BCUT2D eigenvalue weighted by Gasteiger charge is 2.16. The molecule has 1 rings (SSSR count). The maximum atomic E-state index is 12.2. The second kappa shape index (κ2) is 7.91. The van der Waals surface area contributed by atoms with Crippen LogP contribution in [0.4, 0.5) is 14.5 Å². The molecule has 108 valence electrons. The predicted molar refractivity (Wildman–Crippen MR) is 71.9 cm³/mol. The van der Waals surface area contributed by atoms with Gasteiger partial charge in [0.15, 0.2) is 0 Å². The summed E-state index contributed by atoms with van der Waals surface area (Å²) in [5.41, 5.74) is 6.27. The van der Waals surface area contributed by atoms with Gasteiger partial charge >= 0.3 is 6.61 Å². The molecule has 0 fully saturated rings. The molecule has 0 spiro atoms. The van der Waals surface area contributed by atoms with Crippen LogP contribution < -0.4 is 15.8 Å². The number of ether oxygens (including phenoxy) is 1. The number of alkyl halides is 2. The number of benzene rings is 1. The Kier molecular flexibility index (Phi) is 7.33. The number of carbonyl (C=O) groups excluding carboxylic acids is 1. The van der Waals surface area contributed by atoms with E-state index in [1.54, 1.807) is 26.0 Å². The maximum Gasteiger partial charge on any atom is 0.387 e. The number of carbonyl (C=O) groups is 1. The summed E-state index contributed by atoms with van der Waals surface area (Å²) in [5.74, 6) is -0.780. The van der Waals surface area contributed by atoms with Gasteiger partial charge < -0.3 is 15.8 Å². The van der Waals surface area contributed by atoms with E-state index >= 15 is 0 Å². The number of nitrogens with two attached hydrogens (primary N) is 1. The Morgan fingerprint density at radius 3 is 2.63 bits per heavy atom. The second-order valence-electron chi connectivity index (χ2n) is 3.95. The van der Waals surface area contributed by atoms with E-state index in [4.69, 9.17) is 5.73 Å². The van der Waals surface area contributed by atoms with E-state index in [-0.39, 0.29) is 36.3 Å². The molecule has 1 amide bonds. The monoisotopic (exact) mass is 294 g/mol. The number of aryl methyl sites for hydroxylation is 1. The van der Waals surface area contributed by atoms with E-state index < -0.39 is 12.5 Å². The quantitative estimate of drug-likeness (QED) is 0.877. The van der Waals surface area contributed by atoms with E-state index in [0.717, 1.165) is 0 Å². The predicted octanol–water partition coefficient (Wildman–Crippen LogP) is 2.55. The fourth-order valence-corrected chi connectivity index (χ4v) is 1.35. The molecule has 0 aromatic heterocycles. The van der Waals surface area contributed by atoms with Crippen molar-refractivity contribution in [3.05, 3.63) is 23.8 Å². The van der Waals surface area contributed by atoms with Crippen molar-refractivity contribution in [2.45, 2.75) is 20.5 Å². The van der Waals surface area contributed by atoms with Gasteiger partial charge in [-0.1, -0.05) is 19.1 Å². The molecule has 0 saturated heterocycles. The second-order valence-corrected chi connectivity index (χ2v) is 3.95. The van der Waals surface area contributed by atoms with Gasteiger partial charge in [-0.15, -0.1) is 12.4 Å². The van der Waals surface area contributed by atoms with Gasteiger partial charge in [-0.25, -0.2) is 0 Å². The molecule has 0 aliphatic carbocycles. The Morgan fingerprint density at radius 1 is 1.47 bits per heavy atom. The summed E-state index contributed by atoms with van der Waals surface area (Å²) in [4.78, 5) is 11.7. The van der Waals surface area contributed by atoms with Gasteiger partial charge in [0.05, 0.1) is 5.69 Å². The summed E-state index contributed by atoms with van der Waals surface area (Å²) in [6.07, 6.45) is 0. The summed E-state index contributed by atoms with van der Waals surface area (Å²) in [6, 6.07) is 4.65. The Hall–Kier alpha value is -1.40. The first kappa shape index (κ1) is 17.6. The van der Waals surface area contributed by atoms with Crippen molar-refractivity contribution in [1.29, 1.82) is 0 Å². The number of nitrogens with one attached hydrogen (secondary N) is 1. The molecule has 7 heteroatoms. The van der Waals surface area contributed by atoms with Crippen LogP contribution in [-0.2, 0) is 4.79 Å². The lowest BCUT2D eigenvalue weighted by atomic mass is 10.1. The summed E-state index contributed by atoms with van der Waals surface area (Å²) in [7, 11) is 0. The van der Waals surface area contributed by atoms with E-state index in [0.29, 0.717) is 5.56 Å². The van der Waals surface area contributed by atoms with Crippen molar-refractivity contribution < 1.29 is 18.3 Å². The minimum absolute atomic E-state index is 0. The molecule has 0 aliphatic rings. The fourth-order valence-electron chi connectivity index (χ4n) is 1.35. The van der Waals surface area contributed by atoms with E-state index in [1.807, 2.05) is 0 Å². The third-order valence-corrected chi connectivity index (χ3v) is 2.50. The molecular weight excluding hydrogens is 278 g/mol. The smallest absolute Gasteiger partial charge is 0.387 e. The van der Waals surface area contributed by atoms with Gasteiger partial charge in [-0.05, 0) is 18.6 Å². The van der Waals surface area contributed by atoms with Crippen molar-refractivity contribution in [3.8, 4) is 5.75 Å². The topological polar surface area (TPSA) is 64.3 Å². The first-order valence-corrected chi connectivity index (χ1v) is 5.51. The number of rotatable bonds is 5. The zero-order chi connectivity index (χ0) is 13.7. The summed E-state index contributed by atoms with van der Waals surface area (Å²) in [5, 5.41) is 2.56. The molecule has 4 nitrogen and oxygen atoms in total. The molecular formula is C12H17ClF2N2O2. The summed E-state index contributed by atoms with van der Waals surface area (Å²) in [6.45, 7) is 0.597. The number of halogens is 3. The third kappa shape index (κ3) is 5.00. The Morgan fingerprint density at radius 2 is 2.11 bits per heavy atom. The van der Waals surface area contributed by atoms with Crippen LogP contribution in [0.2, 0.25) is 0 Å². The highest BCUT2D eigenvalue weighted by molar-refractivity contribution is 5.94. The Bertz CT molecular complexity index is 430. The zero-order valence-corrected chi connectivity index (χ0v) is 11.5. The highest BCUT2D eigenvalue weighted by atomic mass is 35.5. The lowest BCUT2D eigenvalue weighted by Gasteiger charge is -2.16. The van der Waals surface area contributed by atoms with Gasteiger partial charge in [0.2, 0.25) is 5.91 Å². The van der Waals surface area contributed by atoms with Gasteiger partial charge in [0.1, 0.15) is 5.75 Å². The SMILES string of the molecule is Cc1cccc(OC(F)F)c1NC(=O)C(C)CN.Cl. The van der Waals surface area contributed by atoms with Crippen LogP contribution in [0.3, 0.4) is 0 Å². The fraction of sp³-hybridized carbons (Fsp3) is 0.417. The largest absolute Gasteiger partial charge is 0.433 e. The van der Waals surface area contributed by atoms with Crippen molar-refractivity contribution in [2.75, 3.05) is 11.9 Å². The molecule has 3 N–H and O–H groups in total. The average Bonchev–Trinajstić information content (AvgIpc) is 2.31. The molecule has 1 aromatic carbocycles. The first-order valence-electron chi connectivity index (χ1n) is 5.51. The van der Waals surface area contributed by atoms with Crippen molar-refractivity contribution in [3.63, 3.8) is 0 Å². The molecule has 1 atom stereocenters. The molecule has 1 unspecified atom stereocenters. The van der Waals surface area contributed by atoms with Crippen molar-refractivity contribution in [2.24, 2.45) is 11.7 Å². The molecule has 19 heavy (non-hydrogen) atoms. The standard InChI is InChI=1S/C12H16F2N2O2.ClH/c1-7-4-3-5-9(18-12(13)14)10(7)16-11(17)8(2)6-15;/h3-5,8,12H,6,15H2,1-2H3,(H,16,17);1H. The van der Waals surface area contributed by atoms with Crippen LogP contribution in [0, 0.1) is 12.8 Å². The van der Waals surface area contributed by atoms with Gasteiger partial charge in [-0.3, -0.25) is 4.79 Å². The summed E-state index contributed by atoms with van der Waals surface area (Å²) >= 11 is 0. The Balaban J connectivity index is 0.00000324. The van der Waals surface area contributed by atoms with Gasteiger partial charge in [-0.2, -0.15) is 8.78 Å². The average molecular weight is 295 g/mol. The van der Waals surface area contributed by atoms with Crippen LogP contribution in [0.25, 0.3) is 0 Å². The molecule has 0 saturated carbocycles. The number of anilines is 1. The highest BCUT2D eigenvalue weighted by Crippen LogP contribution is 2.29. The number of para-hydroxylation sites is 1. The molecule has 1 aromatic rings. The van der Waals surface area contributed by atoms with Crippen LogP contribution in [0.15, 0.2) is 18.2 Å².